The number of esters is 1. The van der Waals surface area contributed by atoms with Crippen molar-refractivity contribution in [2.24, 2.45) is 11.3 Å². The van der Waals surface area contributed by atoms with E-state index in [-0.39, 0.29) is 11.4 Å². The molecule has 0 aromatic rings. The molecule has 0 fully saturated rings. The van der Waals surface area contributed by atoms with Gasteiger partial charge in [-0.2, -0.15) is 0 Å². The molecule has 1 atom stereocenters. The van der Waals surface area contributed by atoms with Crippen LogP contribution in [0.25, 0.3) is 0 Å². The standard InChI is InChI=1S/C12H20O2/c1-9-5-6-11(12(9,3)4)7-8-14-10(2)13/h5,11H,6-8H2,1-4H3/t11-/m1/s1. The first-order chi connectivity index (χ1) is 6.44. The molecule has 1 rings (SSSR count). The summed E-state index contributed by atoms with van der Waals surface area (Å²) in [6.07, 6.45) is 4.40. The van der Waals surface area contributed by atoms with Gasteiger partial charge in [0.05, 0.1) is 6.61 Å². The highest BCUT2D eigenvalue weighted by Crippen LogP contribution is 2.44. The van der Waals surface area contributed by atoms with Crippen molar-refractivity contribution in [3.05, 3.63) is 11.6 Å². The van der Waals surface area contributed by atoms with Crippen LogP contribution in [0.2, 0.25) is 0 Å². The third-order valence-corrected chi connectivity index (χ3v) is 3.52. The molecule has 0 amide bonds. The Balaban J connectivity index is 2.38. The fourth-order valence-electron chi connectivity index (χ4n) is 2.02. The van der Waals surface area contributed by atoms with Gasteiger partial charge in [0.25, 0.3) is 0 Å². The highest BCUT2D eigenvalue weighted by molar-refractivity contribution is 5.65. The number of hydrogen-bond donors (Lipinski definition) is 0. The molecule has 0 heterocycles. The summed E-state index contributed by atoms with van der Waals surface area (Å²) in [6, 6.07) is 0. The van der Waals surface area contributed by atoms with Gasteiger partial charge in [0.2, 0.25) is 0 Å². The average Bonchev–Trinajstić information content (AvgIpc) is 2.30. The second kappa shape index (κ2) is 4.16. The third kappa shape index (κ3) is 2.37. The molecule has 80 valence electrons. The van der Waals surface area contributed by atoms with Crippen LogP contribution in [0.3, 0.4) is 0 Å². The number of carbonyl (C=O) groups excluding carboxylic acids is 1. The maximum atomic E-state index is 10.6. The Morgan fingerprint density at radius 2 is 2.29 bits per heavy atom. The fraction of sp³-hybridized carbons (Fsp3) is 0.750. The van der Waals surface area contributed by atoms with Crippen LogP contribution in [0.15, 0.2) is 11.6 Å². The maximum Gasteiger partial charge on any atom is 0.302 e. The summed E-state index contributed by atoms with van der Waals surface area (Å²) in [5.74, 6) is 0.451. The molecule has 2 nitrogen and oxygen atoms in total. The van der Waals surface area contributed by atoms with E-state index in [1.54, 1.807) is 0 Å². The van der Waals surface area contributed by atoms with E-state index in [2.05, 4.69) is 26.8 Å². The van der Waals surface area contributed by atoms with Crippen LogP contribution < -0.4 is 0 Å². The van der Waals surface area contributed by atoms with Gasteiger partial charge in [-0.3, -0.25) is 4.79 Å². The van der Waals surface area contributed by atoms with Crippen LogP contribution in [0, 0.1) is 11.3 Å². The van der Waals surface area contributed by atoms with E-state index in [0.717, 1.165) is 12.8 Å². The molecular weight excluding hydrogens is 176 g/mol. The fourth-order valence-corrected chi connectivity index (χ4v) is 2.02. The normalized spacial score (nSPS) is 24.6. The molecule has 0 aromatic carbocycles. The largest absolute Gasteiger partial charge is 0.466 e. The van der Waals surface area contributed by atoms with Crippen molar-refractivity contribution < 1.29 is 9.53 Å². The molecule has 0 aliphatic heterocycles. The van der Waals surface area contributed by atoms with Crippen molar-refractivity contribution in [2.75, 3.05) is 6.61 Å². The lowest BCUT2D eigenvalue weighted by atomic mass is 9.76. The van der Waals surface area contributed by atoms with E-state index in [1.807, 2.05) is 0 Å². The van der Waals surface area contributed by atoms with Gasteiger partial charge >= 0.3 is 5.97 Å². The monoisotopic (exact) mass is 196 g/mol. The van der Waals surface area contributed by atoms with Gasteiger partial charge in [0.15, 0.2) is 0 Å². The Bertz CT molecular complexity index is 251. The molecule has 0 saturated carbocycles. The number of hydrogen-bond acceptors (Lipinski definition) is 2. The highest BCUT2D eigenvalue weighted by atomic mass is 16.5. The summed E-state index contributed by atoms with van der Waals surface area (Å²) in [5.41, 5.74) is 1.74. The van der Waals surface area contributed by atoms with Gasteiger partial charge in [-0.05, 0) is 31.1 Å². The second-order valence-corrected chi connectivity index (χ2v) is 4.67. The van der Waals surface area contributed by atoms with Gasteiger partial charge in [0, 0.05) is 6.92 Å². The SMILES string of the molecule is CC(=O)OCC[C@H]1CC=C(C)C1(C)C. The summed E-state index contributed by atoms with van der Waals surface area (Å²) in [7, 11) is 0. The minimum absolute atomic E-state index is 0.175. The average molecular weight is 196 g/mol. The first-order valence-electron chi connectivity index (χ1n) is 5.25. The first-order valence-corrected chi connectivity index (χ1v) is 5.25. The number of ether oxygens (including phenoxy) is 1. The van der Waals surface area contributed by atoms with E-state index in [0.29, 0.717) is 12.5 Å². The van der Waals surface area contributed by atoms with Gasteiger partial charge in [0.1, 0.15) is 0 Å². The molecule has 0 radical (unpaired) electrons. The van der Waals surface area contributed by atoms with E-state index in [9.17, 15) is 4.79 Å². The summed E-state index contributed by atoms with van der Waals surface area (Å²) in [6.45, 7) is 8.74. The van der Waals surface area contributed by atoms with Crippen molar-refractivity contribution in [1.29, 1.82) is 0 Å². The lowest BCUT2D eigenvalue weighted by Gasteiger charge is -2.29. The number of rotatable bonds is 3. The van der Waals surface area contributed by atoms with Gasteiger partial charge < -0.3 is 4.74 Å². The maximum absolute atomic E-state index is 10.6. The molecular formula is C12H20O2. The Kier molecular flexibility index (Phi) is 3.35. The van der Waals surface area contributed by atoms with Crippen LogP contribution in [0.1, 0.15) is 40.5 Å². The van der Waals surface area contributed by atoms with Crippen molar-refractivity contribution in [3.63, 3.8) is 0 Å². The zero-order chi connectivity index (χ0) is 10.8. The number of allylic oxidation sites excluding steroid dienone is 2. The Labute approximate surface area is 86.3 Å². The molecule has 0 N–H and O–H groups in total. The second-order valence-electron chi connectivity index (χ2n) is 4.67. The minimum Gasteiger partial charge on any atom is -0.466 e. The van der Waals surface area contributed by atoms with E-state index in [4.69, 9.17) is 4.74 Å². The van der Waals surface area contributed by atoms with Gasteiger partial charge in [-0.25, -0.2) is 0 Å². The van der Waals surface area contributed by atoms with Crippen molar-refractivity contribution in [1.82, 2.24) is 0 Å². The summed E-state index contributed by atoms with van der Waals surface area (Å²) >= 11 is 0. The van der Waals surface area contributed by atoms with Crippen LogP contribution in [-0.2, 0) is 9.53 Å². The van der Waals surface area contributed by atoms with E-state index >= 15 is 0 Å². The first kappa shape index (κ1) is 11.3. The molecule has 0 aromatic heterocycles. The predicted octanol–water partition coefficient (Wildman–Crippen LogP) is 2.93. The quantitative estimate of drug-likeness (QED) is 0.512. The van der Waals surface area contributed by atoms with Crippen LogP contribution in [-0.4, -0.2) is 12.6 Å². The lowest BCUT2D eigenvalue weighted by Crippen LogP contribution is -2.22. The van der Waals surface area contributed by atoms with Crippen molar-refractivity contribution >= 4 is 5.97 Å². The summed E-state index contributed by atoms with van der Waals surface area (Å²) in [4.78, 5) is 10.6. The highest BCUT2D eigenvalue weighted by Gasteiger charge is 2.34. The third-order valence-electron chi connectivity index (χ3n) is 3.52. The molecule has 0 unspecified atom stereocenters. The Morgan fingerprint density at radius 1 is 1.64 bits per heavy atom. The minimum atomic E-state index is -0.175. The van der Waals surface area contributed by atoms with Crippen molar-refractivity contribution in [2.45, 2.75) is 40.5 Å². The van der Waals surface area contributed by atoms with E-state index in [1.165, 1.54) is 12.5 Å². The van der Waals surface area contributed by atoms with Crippen molar-refractivity contribution in [3.8, 4) is 0 Å². The molecule has 0 saturated heterocycles. The van der Waals surface area contributed by atoms with E-state index < -0.39 is 0 Å². The smallest absolute Gasteiger partial charge is 0.302 e. The van der Waals surface area contributed by atoms with Crippen LogP contribution in [0.4, 0.5) is 0 Å². The topological polar surface area (TPSA) is 26.3 Å². The number of carbonyl (C=O) groups is 1. The Morgan fingerprint density at radius 3 is 2.71 bits per heavy atom. The summed E-state index contributed by atoms with van der Waals surface area (Å²) in [5, 5.41) is 0. The zero-order valence-electron chi connectivity index (χ0n) is 9.59. The molecule has 1 aliphatic rings. The molecule has 0 bridgehead atoms. The molecule has 0 spiro atoms. The van der Waals surface area contributed by atoms with Gasteiger partial charge in [-0.15, -0.1) is 0 Å². The summed E-state index contributed by atoms with van der Waals surface area (Å²) < 4.78 is 4.97. The Hall–Kier alpha value is -0.790. The van der Waals surface area contributed by atoms with Crippen LogP contribution in [0.5, 0.6) is 0 Å². The molecule has 2 heteroatoms. The van der Waals surface area contributed by atoms with Crippen LogP contribution >= 0.6 is 0 Å². The predicted molar refractivity (Wildman–Crippen MR) is 56.9 cm³/mol. The zero-order valence-corrected chi connectivity index (χ0v) is 9.59. The lowest BCUT2D eigenvalue weighted by molar-refractivity contribution is -0.141. The van der Waals surface area contributed by atoms with Gasteiger partial charge in [-0.1, -0.05) is 25.5 Å². The molecule has 14 heavy (non-hydrogen) atoms. The molecule has 1 aliphatic carbocycles.